The Bertz CT molecular complexity index is 978. The van der Waals surface area contributed by atoms with E-state index >= 15 is 0 Å². The number of methoxy groups -OCH3 is 1. The maximum atomic E-state index is 11.1. The molecule has 3 aromatic rings. The van der Waals surface area contributed by atoms with Crippen molar-refractivity contribution < 1.29 is 9.66 Å². The SMILES string of the molecule is COc1ccc2c(c1)c(/C=N\Nc1nc(C)ccc1[N+](=O)[O-])cn2C. The van der Waals surface area contributed by atoms with E-state index in [1.807, 2.05) is 36.0 Å². The minimum atomic E-state index is -0.493. The Kier molecular flexibility index (Phi) is 4.34. The second-order valence-corrected chi connectivity index (χ2v) is 5.53. The van der Waals surface area contributed by atoms with Crippen molar-refractivity contribution >= 4 is 28.6 Å². The number of benzene rings is 1. The predicted molar refractivity (Wildman–Crippen MR) is 96.3 cm³/mol. The summed E-state index contributed by atoms with van der Waals surface area (Å²) in [6.45, 7) is 1.76. The first-order valence-corrected chi connectivity index (χ1v) is 7.54. The maximum Gasteiger partial charge on any atom is 0.313 e. The molecule has 25 heavy (non-hydrogen) atoms. The highest BCUT2D eigenvalue weighted by Gasteiger charge is 2.14. The smallest absolute Gasteiger partial charge is 0.313 e. The van der Waals surface area contributed by atoms with Gasteiger partial charge in [-0.1, -0.05) is 0 Å². The second-order valence-electron chi connectivity index (χ2n) is 5.53. The van der Waals surface area contributed by atoms with Crippen LogP contribution in [0.2, 0.25) is 0 Å². The van der Waals surface area contributed by atoms with Crippen LogP contribution < -0.4 is 10.2 Å². The number of nitrogens with zero attached hydrogens (tertiary/aromatic N) is 4. The normalized spacial score (nSPS) is 11.2. The summed E-state index contributed by atoms with van der Waals surface area (Å²) in [7, 11) is 3.55. The molecule has 0 saturated carbocycles. The molecule has 0 bridgehead atoms. The molecule has 3 rings (SSSR count). The molecule has 0 spiro atoms. The van der Waals surface area contributed by atoms with Gasteiger partial charge in [0.15, 0.2) is 0 Å². The molecule has 1 N–H and O–H groups in total. The fourth-order valence-electron chi connectivity index (χ4n) is 2.57. The number of anilines is 1. The van der Waals surface area contributed by atoms with E-state index in [1.54, 1.807) is 26.3 Å². The zero-order chi connectivity index (χ0) is 18.0. The van der Waals surface area contributed by atoms with Crippen LogP contribution in [0.5, 0.6) is 5.75 Å². The van der Waals surface area contributed by atoms with Gasteiger partial charge in [0.1, 0.15) is 5.75 Å². The number of hydrogen-bond acceptors (Lipinski definition) is 6. The predicted octanol–water partition coefficient (Wildman–Crippen LogP) is 3.24. The fourth-order valence-corrected chi connectivity index (χ4v) is 2.57. The monoisotopic (exact) mass is 339 g/mol. The number of rotatable bonds is 5. The van der Waals surface area contributed by atoms with Gasteiger partial charge in [-0.2, -0.15) is 5.10 Å². The summed E-state index contributed by atoms with van der Waals surface area (Å²) >= 11 is 0. The average molecular weight is 339 g/mol. The van der Waals surface area contributed by atoms with E-state index in [9.17, 15) is 10.1 Å². The minimum absolute atomic E-state index is 0.110. The van der Waals surface area contributed by atoms with Gasteiger partial charge in [0, 0.05) is 41.5 Å². The highest BCUT2D eigenvalue weighted by atomic mass is 16.6. The third-order valence-electron chi connectivity index (χ3n) is 3.81. The molecule has 128 valence electrons. The van der Waals surface area contributed by atoms with Crippen molar-refractivity contribution in [2.75, 3.05) is 12.5 Å². The molecule has 2 heterocycles. The Balaban J connectivity index is 1.92. The van der Waals surface area contributed by atoms with E-state index in [0.29, 0.717) is 5.69 Å². The van der Waals surface area contributed by atoms with Crippen LogP contribution in [0, 0.1) is 17.0 Å². The Morgan fingerprint density at radius 2 is 2.16 bits per heavy atom. The summed E-state index contributed by atoms with van der Waals surface area (Å²) in [5, 5.41) is 16.2. The Morgan fingerprint density at radius 3 is 2.88 bits per heavy atom. The fraction of sp³-hybridized carbons (Fsp3) is 0.176. The van der Waals surface area contributed by atoms with Gasteiger partial charge in [-0.3, -0.25) is 15.5 Å². The van der Waals surface area contributed by atoms with Gasteiger partial charge in [-0.15, -0.1) is 0 Å². The summed E-state index contributed by atoms with van der Waals surface area (Å²) in [4.78, 5) is 14.7. The van der Waals surface area contributed by atoms with Gasteiger partial charge in [0.05, 0.1) is 18.2 Å². The number of hydrazone groups is 1. The highest BCUT2D eigenvalue weighted by molar-refractivity contribution is 6.00. The van der Waals surface area contributed by atoms with Crippen molar-refractivity contribution in [2.45, 2.75) is 6.92 Å². The molecule has 8 nitrogen and oxygen atoms in total. The van der Waals surface area contributed by atoms with Crippen LogP contribution in [-0.4, -0.2) is 27.8 Å². The van der Waals surface area contributed by atoms with Crippen molar-refractivity contribution in [3.05, 3.63) is 57.9 Å². The largest absolute Gasteiger partial charge is 0.497 e. The van der Waals surface area contributed by atoms with E-state index in [1.165, 1.54) is 6.07 Å². The van der Waals surface area contributed by atoms with Crippen LogP contribution in [-0.2, 0) is 7.05 Å². The molecule has 0 aliphatic rings. The molecule has 0 saturated heterocycles. The maximum absolute atomic E-state index is 11.1. The van der Waals surface area contributed by atoms with Gasteiger partial charge < -0.3 is 9.30 Å². The summed E-state index contributed by atoms with van der Waals surface area (Å²) in [6, 6.07) is 8.77. The Labute approximate surface area is 143 Å². The Morgan fingerprint density at radius 1 is 1.36 bits per heavy atom. The minimum Gasteiger partial charge on any atom is -0.497 e. The van der Waals surface area contributed by atoms with Crippen LogP contribution in [0.1, 0.15) is 11.3 Å². The van der Waals surface area contributed by atoms with E-state index < -0.39 is 4.92 Å². The van der Waals surface area contributed by atoms with Gasteiger partial charge in [0.25, 0.3) is 0 Å². The van der Waals surface area contributed by atoms with Gasteiger partial charge in [-0.05, 0) is 31.2 Å². The van der Waals surface area contributed by atoms with E-state index in [4.69, 9.17) is 4.74 Å². The van der Waals surface area contributed by atoms with Crippen molar-refractivity contribution in [3.63, 3.8) is 0 Å². The molecule has 1 aromatic carbocycles. The molecule has 0 aliphatic heterocycles. The van der Waals surface area contributed by atoms with Gasteiger partial charge >= 0.3 is 5.69 Å². The second kappa shape index (κ2) is 6.60. The zero-order valence-corrected chi connectivity index (χ0v) is 14.1. The lowest BCUT2D eigenvalue weighted by Gasteiger charge is -2.02. The number of ether oxygens (including phenoxy) is 1. The van der Waals surface area contributed by atoms with E-state index in [2.05, 4.69) is 15.5 Å². The molecular weight excluding hydrogens is 322 g/mol. The van der Waals surface area contributed by atoms with Gasteiger partial charge in [0.2, 0.25) is 5.82 Å². The van der Waals surface area contributed by atoms with Crippen LogP contribution in [0.4, 0.5) is 11.5 Å². The van der Waals surface area contributed by atoms with E-state index in [-0.39, 0.29) is 11.5 Å². The number of nitrogens with one attached hydrogen (secondary N) is 1. The lowest BCUT2D eigenvalue weighted by atomic mass is 10.2. The first-order valence-electron chi connectivity index (χ1n) is 7.54. The molecule has 0 atom stereocenters. The summed E-state index contributed by atoms with van der Waals surface area (Å²) in [5.74, 6) is 0.858. The molecule has 0 unspecified atom stereocenters. The lowest BCUT2D eigenvalue weighted by molar-refractivity contribution is -0.384. The number of aromatic nitrogens is 2. The zero-order valence-electron chi connectivity index (χ0n) is 14.1. The van der Waals surface area contributed by atoms with Crippen molar-refractivity contribution in [1.29, 1.82) is 0 Å². The molecule has 0 fully saturated rings. The molecule has 8 heteroatoms. The number of nitro groups is 1. The summed E-state index contributed by atoms with van der Waals surface area (Å²) in [5.41, 5.74) is 5.09. The van der Waals surface area contributed by atoms with Gasteiger partial charge in [-0.25, -0.2) is 4.98 Å². The van der Waals surface area contributed by atoms with Crippen LogP contribution >= 0.6 is 0 Å². The average Bonchev–Trinajstić information content (AvgIpc) is 2.90. The summed E-state index contributed by atoms with van der Waals surface area (Å²) < 4.78 is 7.24. The molecule has 0 amide bonds. The van der Waals surface area contributed by atoms with Crippen LogP contribution in [0.3, 0.4) is 0 Å². The molecule has 2 aromatic heterocycles. The number of fused-ring (bicyclic) bond motifs is 1. The van der Waals surface area contributed by atoms with Crippen molar-refractivity contribution in [1.82, 2.24) is 9.55 Å². The first kappa shape index (κ1) is 16.4. The molecule has 0 radical (unpaired) electrons. The van der Waals surface area contributed by atoms with E-state index in [0.717, 1.165) is 22.2 Å². The topological polar surface area (TPSA) is 94.6 Å². The third-order valence-corrected chi connectivity index (χ3v) is 3.81. The number of pyridine rings is 1. The summed E-state index contributed by atoms with van der Waals surface area (Å²) in [6.07, 6.45) is 3.53. The quantitative estimate of drug-likeness (QED) is 0.437. The number of aryl methyl sites for hydroxylation is 2. The lowest BCUT2D eigenvalue weighted by Crippen LogP contribution is -2.00. The van der Waals surface area contributed by atoms with Crippen molar-refractivity contribution in [2.24, 2.45) is 12.1 Å². The highest BCUT2D eigenvalue weighted by Crippen LogP contribution is 2.25. The molecular formula is C17H17N5O3. The van der Waals surface area contributed by atoms with Crippen LogP contribution in [0.15, 0.2) is 41.6 Å². The first-order chi connectivity index (χ1) is 12.0. The standard InChI is InChI=1S/C17H17N5O3/c1-11-4-6-16(22(23)24)17(19-11)20-18-9-12-10-21(2)15-7-5-13(25-3)8-14(12)15/h4-10H,1-3H3,(H,19,20)/b18-9-. The number of hydrogen-bond donors (Lipinski definition) is 1. The van der Waals surface area contributed by atoms with Crippen LogP contribution in [0.25, 0.3) is 10.9 Å². The Hall–Kier alpha value is -3.42. The van der Waals surface area contributed by atoms with Crippen molar-refractivity contribution in [3.8, 4) is 5.75 Å². The third kappa shape index (κ3) is 3.27. The molecule has 0 aliphatic carbocycles.